The highest BCUT2D eigenvalue weighted by Crippen LogP contribution is 2.32. The van der Waals surface area contributed by atoms with Gasteiger partial charge in [-0.1, -0.05) is 32.4 Å². The number of esters is 2. The third kappa shape index (κ3) is 4.83. The maximum atomic E-state index is 11.8. The Kier molecular flexibility index (Phi) is 5.99. The summed E-state index contributed by atoms with van der Waals surface area (Å²) >= 11 is 0. The molecule has 20 heavy (non-hydrogen) atoms. The van der Waals surface area contributed by atoms with E-state index in [1.807, 2.05) is 0 Å². The van der Waals surface area contributed by atoms with Gasteiger partial charge >= 0.3 is 11.9 Å². The van der Waals surface area contributed by atoms with Crippen LogP contribution in [-0.4, -0.2) is 17.7 Å². The molecule has 0 aromatic rings. The molecule has 0 radical (unpaired) electrons. The number of rotatable bonds is 4. The third-order valence-electron chi connectivity index (χ3n) is 3.37. The van der Waals surface area contributed by atoms with Crippen LogP contribution in [0.2, 0.25) is 0 Å². The molecule has 0 N–H and O–H groups in total. The topological polar surface area (TPSA) is 52.6 Å². The van der Waals surface area contributed by atoms with Crippen molar-refractivity contribution in [2.24, 2.45) is 0 Å². The van der Waals surface area contributed by atoms with Crippen molar-refractivity contribution in [1.29, 1.82) is 0 Å². The first kappa shape index (κ1) is 16.5. The maximum absolute atomic E-state index is 11.8. The second-order valence-electron chi connectivity index (χ2n) is 5.52. The van der Waals surface area contributed by atoms with Crippen LogP contribution in [0.1, 0.15) is 58.8 Å². The first-order valence-electron chi connectivity index (χ1n) is 7.14. The van der Waals surface area contributed by atoms with Crippen LogP contribution in [0.5, 0.6) is 0 Å². The van der Waals surface area contributed by atoms with Gasteiger partial charge in [-0.25, -0.2) is 9.59 Å². The average Bonchev–Trinajstić information content (AvgIpc) is 2.33. The SMILES string of the molecule is C=C(C)C(=O)OC1(OC(=O)C(=C)C)CCCCCCC1. The zero-order valence-electron chi connectivity index (χ0n) is 12.5. The summed E-state index contributed by atoms with van der Waals surface area (Å²) < 4.78 is 10.9. The van der Waals surface area contributed by atoms with Crippen molar-refractivity contribution >= 4 is 11.9 Å². The number of carbonyl (C=O) groups is 2. The molecule has 4 nitrogen and oxygen atoms in total. The Hall–Kier alpha value is -1.58. The highest BCUT2D eigenvalue weighted by atomic mass is 16.7. The van der Waals surface area contributed by atoms with E-state index in [1.54, 1.807) is 13.8 Å². The molecule has 0 unspecified atom stereocenters. The lowest BCUT2D eigenvalue weighted by Gasteiger charge is -2.34. The molecular formula is C16H24O4. The van der Waals surface area contributed by atoms with Gasteiger partial charge in [0.1, 0.15) is 0 Å². The van der Waals surface area contributed by atoms with Crippen molar-refractivity contribution in [3.63, 3.8) is 0 Å². The van der Waals surface area contributed by atoms with E-state index in [2.05, 4.69) is 13.2 Å². The minimum atomic E-state index is -1.16. The van der Waals surface area contributed by atoms with E-state index in [0.717, 1.165) is 25.7 Å². The van der Waals surface area contributed by atoms with Crippen LogP contribution >= 0.6 is 0 Å². The van der Waals surface area contributed by atoms with E-state index in [4.69, 9.17) is 9.47 Å². The third-order valence-corrected chi connectivity index (χ3v) is 3.37. The van der Waals surface area contributed by atoms with Crippen LogP contribution in [-0.2, 0) is 19.1 Å². The monoisotopic (exact) mass is 280 g/mol. The molecule has 0 amide bonds. The first-order valence-corrected chi connectivity index (χ1v) is 7.14. The molecule has 0 heterocycles. The predicted octanol–water partition coefficient (Wildman–Crippen LogP) is 3.67. The number of hydrogen-bond acceptors (Lipinski definition) is 4. The minimum absolute atomic E-state index is 0.304. The van der Waals surface area contributed by atoms with Crippen LogP contribution in [0.4, 0.5) is 0 Å². The van der Waals surface area contributed by atoms with Crippen molar-refractivity contribution in [1.82, 2.24) is 0 Å². The van der Waals surface area contributed by atoms with Gasteiger partial charge in [0.15, 0.2) is 0 Å². The standard InChI is InChI=1S/C16H24O4/c1-12(2)14(17)19-16(20-15(18)13(3)4)10-8-6-5-7-9-11-16/h1,3,5-11H2,2,4H3. The molecular weight excluding hydrogens is 256 g/mol. The largest absolute Gasteiger partial charge is 0.419 e. The van der Waals surface area contributed by atoms with Gasteiger partial charge < -0.3 is 9.47 Å². The van der Waals surface area contributed by atoms with Gasteiger partial charge in [0, 0.05) is 24.0 Å². The molecule has 4 heteroatoms. The summed E-state index contributed by atoms with van der Waals surface area (Å²) in [5.74, 6) is -2.19. The lowest BCUT2D eigenvalue weighted by molar-refractivity contribution is -0.230. The Balaban J connectivity index is 2.89. The lowest BCUT2D eigenvalue weighted by Crippen LogP contribution is -2.41. The van der Waals surface area contributed by atoms with Crippen molar-refractivity contribution in [3.8, 4) is 0 Å². The van der Waals surface area contributed by atoms with Gasteiger partial charge in [0.2, 0.25) is 0 Å². The van der Waals surface area contributed by atoms with Crippen LogP contribution in [0, 0.1) is 0 Å². The Bertz CT molecular complexity index is 371. The van der Waals surface area contributed by atoms with Crippen LogP contribution in [0.15, 0.2) is 24.3 Å². The maximum Gasteiger partial charge on any atom is 0.336 e. The number of ether oxygens (including phenoxy) is 2. The van der Waals surface area contributed by atoms with Gasteiger partial charge in [-0.3, -0.25) is 0 Å². The van der Waals surface area contributed by atoms with E-state index in [-0.39, 0.29) is 0 Å². The summed E-state index contributed by atoms with van der Waals surface area (Å²) in [6.07, 6.45) is 6.07. The predicted molar refractivity (Wildman–Crippen MR) is 76.9 cm³/mol. The van der Waals surface area contributed by atoms with Gasteiger partial charge in [0.05, 0.1) is 0 Å². The molecule has 1 fully saturated rings. The Morgan fingerprint density at radius 2 is 1.15 bits per heavy atom. The molecule has 1 aliphatic rings. The zero-order valence-corrected chi connectivity index (χ0v) is 12.5. The van der Waals surface area contributed by atoms with E-state index >= 15 is 0 Å². The summed E-state index contributed by atoms with van der Waals surface area (Å²) in [7, 11) is 0. The molecule has 0 spiro atoms. The smallest absolute Gasteiger partial charge is 0.336 e. The summed E-state index contributed by atoms with van der Waals surface area (Å²) in [6, 6.07) is 0. The first-order chi connectivity index (χ1) is 9.36. The molecule has 0 aromatic carbocycles. The van der Waals surface area contributed by atoms with E-state index in [9.17, 15) is 9.59 Å². The number of hydrogen-bond donors (Lipinski definition) is 0. The molecule has 0 aromatic heterocycles. The zero-order chi connectivity index (χ0) is 15.2. The quantitative estimate of drug-likeness (QED) is 0.448. The Morgan fingerprint density at radius 3 is 1.50 bits per heavy atom. The van der Waals surface area contributed by atoms with E-state index in [0.29, 0.717) is 24.0 Å². The lowest BCUT2D eigenvalue weighted by atomic mass is 9.95. The van der Waals surface area contributed by atoms with E-state index in [1.165, 1.54) is 6.42 Å². The molecule has 112 valence electrons. The van der Waals surface area contributed by atoms with Crippen molar-refractivity contribution in [2.45, 2.75) is 64.6 Å². The molecule has 0 saturated heterocycles. The Labute approximate surface area is 120 Å². The average molecular weight is 280 g/mol. The summed E-state index contributed by atoms with van der Waals surface area (Å²) in [4.78, 5) is 23.7. The van der Waals surface area contributed by atoms with Crippen molar-refractivity contribution in [2.75, 3.05) is 0 Å². The van der Waals surface area contributed by atoms with Crippen molar-refractivity contribution < 1.29 is 19.1 Å². The Morgan fingerprint density at radius 1 is 0.800 bits per heavy atom. The van der Waals surface area contributed by atoms with Gasteiger partial charge in [-0.05, 0) is 26.7 Å². The molecule has 1 saturated carbocycles. The van der Waals surface area contributed by atoms with Crippen LogP contribution in [0.3, 0.4) is 0 Å². The molecule has 0 atom stereocenters. The summed E-state index contributed by atoms with van der Waals surface area (Å²) in [5.41, 5.74) is 0.607. The summed E-state index contributed by atoms with van der Waals surface area (Å²) in [6.45, 7) is 10.3. The molecule has 0 bridgehead atoms. The molecule has 0 aliphatic heterocycles. The highest BCUT2D eigenvalue weighted by molar-refractivity contribution is 5.89. The fourth-order valence-corrected chi connectivity index (χ4v) is 2.18. The van der Waals surface area contributed by atoms with Gasteiger partial charge in [-0.15, -0.1) is 0 Å². The highest BCUT2D eigenvalue weighted by Gasteiger charge is 2.38. The minimum Gasteiger partial charge on any atom is -0.419 e. The second kappa shape index (κ2) is 7.27. The van der Waals surface area contributed by atoms with Gasteiger partial charge in [0.25, 0.3) is 5.79 Å². The van der Waals surface area contributed by atoms with Gasteiger partial charge in [-0.2, -0.15) is 0 Å². The summed E-state index contributed by atoms with van der Waals surface area (Å²) in [5, 5.41) is 0. The second-order valence-corrected chi connectivity index (χ2v) is 5.52. The normalized spacial score (nSPS) is 18.3. The fourth-order valence-electron chi connectivity index (χ4n) is 2.18. The van der Waals surface area contributed by atoms with E-state index < -0.39 is 17.7 Å². The fraction of sp³-hybridized carbons (Fsp3) is 0.625. The van der Waals surface area contributed by atoms with Crippen LogP contribution in [0.25, 0.3) is 0 Å². The molecule has 1 rings (SSSR count). The number of carbonyl (C=O) groups excluding carboxylic acids is 2. The van der Waals surface area contributed by atoms with Crippen LogP contribution < -0.4 is 0 Å². The molecule has 1 aliphatic carbocycles. The van der Waals surface area contributed by atoms with Crippen molar-refractivity contribution in [3.05, 3.63) is 24.3 Å².